The van der Waals surface area contributed by atoms with E-state index >= 15 is 0 Å². The molecule has 5 aliphatic heterocycles. The van der Waals surface area contributed by atoms with Crippen LogP contribution in [0.2, 0.25) is 0 Å². The second-order valence-electron chi connectivity index (χ2n) is 35.1. The van der Waals surface area contributed by atoms with Gasteiger partial charge in [-0.2, -0.15) is 10.1 Å². The van der Waals surface area contributed by atoms with E-state index in [4.69, 9.17) is 63.6 Å². The quantitative estimate of drug-likeness (QED) is 0.0140. The van der Waals surface area contributed by atoms with Gasteiger partial charge in [-0.25, -0.2) is 34.2 Å². The van der Waals surface area contributed by atoms with Crippen molar-refractivity contribution in [1.82, 2.24) is 64.9 Å². The molecule has 35 heteroatoms. The number of esters is 1. The molecule has 3 saturated heterocycles. The lowest BCUT2D eigenvalue weighted by Crippen LogP contribution is -2.54. The van der Waals surface area contributed by atoms with Crippen LogP contribution in [0.15, 0.2) is 107 Å². The minimum absolute atomic E-state index is 0.00553. The summed E-state index contributed by atoms with van der Waals surface area (Å²) in [5, 5.41) is 23.0. The number of Topliss-reactive ketones (excluding diaryl/α,β-unsaturated/α-hetero) is 2. The molecule has 6 aromatic rings. The number of carbonyl (C=O) groups is 8. The third-order valence-corrected chi connectivity index (χ3v) is 25.6. The fraction of sp³-hybridized carbons (Fsp3) is 0.596. The molecular weight excluding hydrogens is 1660 g/mol. The summed E-state index contributed by atoms with van der Waals surface area (Å²) in [5.74, 6) is -2.53. The number of benzene rings is 2. The highest BCUT2D eigenvalue weighted by Gasteiger charge is 2.43. The molecule has 700 valence electrons. The molecule has 1 aliphatic carbocycles. The van der Waals surface area contributed by atoms with Crippen molar-refractivity contribution in [2.75, 3.05) is 137 Å². The van der Waals surface area contributed by atoms with Crippen LogP contribution in [0, 0.1) is 23.7 Å². The van der Waals surface area contributed by atoms with Crippen LogP contribution in [0.1, 0.15) is 153 Å². The number of aliphatic hydroxyl groups excluding tert-OH is 1. The molecule has 1 saturated carbocycles. The molecule has 14 atom stereocenters. The van der Waals surface area contributed by atoms with Crippen molar-refractivity contribution in [2.45, 2.75) is 218 Å². The maximum absolute atomic E-state index is 14.8. The summed E-state index contributed by atoms with van der Waals surface area (Å²) in [4.78, 5) is 141. The second kappa shape index (κ2) is 47.4. The topological polar surface area (TPSA) is 428 Å². The molecule has 129 heavy (non-hydrogen) atoms. The normalized spacial score (nSPS) is 25.9. The van der Waals surface area contributed by atoms with Crippen LogP contribution in [-0.4, -0.2) is 288 Å². The number of nitrogens with zero attached hydrogens (tertiary/aromatic N) is 12. The summed E-state index contributed by atoms with van der Waals surface area (Å²) in [6, 6.07) is 10.8. The largest absolute Gasteiger partial charge is 0.461 e. The van der Waals surface area contributed by atoms with Gasteiger partial charge in [-0.1, -0.05) is 75.4 Å². The van der Waals surface area contributed by atoms with Crippen LogP contribution < -0.4 is 27.0 Å². The Labute approximate surface area is 754 Å². The lowest BCUT2D eigenvalue weighted by Gasteiger charge is -2.37. The first-order valence-electron chi connectivity index (χ1n) is 45.4. The van der Waals surface area contributed by atoms with Gasteiger partial charge in [-0.05, 0) is 162 Å². The van der Waals surface area contributed by atoms with Crippen LogP contribution in [0.5, 0.6) is 0 Å². The highest BCUT2D eigenvalue weighted by molar-refractivity contribution is 6.38. The smallest absolute Gasteiger partial charge is 0.407 e. The minimum Gasteiger partial charge on any atom is -0.461 e. The van der Waals surface area contributed by atoms with Gasteiger partial charge in [0.25, 0.3) is 11.9 Å². The Kier molecular flexibility index (Phi) is 35.8. The van der Waals surface area contributed by atoms with Crippen molar-refractivity contribution in [1.29, 1.82) is 0 Å². The molecule has 12 rings (SSSR count). The summed E-state index contributed by atoms with van der Waals surface area (Å²) in [5.41, 5.74) is 20.7. The molecule has 35 nitrogen and oxygen atoms in total. The fourth-order valence-electron chi connectivity index (χ4n) is 18.3. The number of amides is 5. The maximum Gasteiger partial charge on any atom is 0.407 e. The van der Waals surface area contributed by atoms with Gasteiger partial charge in [0.15, 0.2) is 17.0 Å². The maximum atomic E-state index is 14.8. The zero-order valence-electron chi connectivity index (χ0n) is 76.2. The van der Waals surface area contributed by atoms with Crippen molar-refractivity contribution in [3.05, 3.63) is 125 Å². The van der Waals surface area contributed by atoms with Crippen molar-refractivity contribution >= 4 is 87.2 Å². The highest BCUT2D eigenvalue weighted by atomic mass is 16.6. The molecule has 4 aromatic heterocycles. The van der Waals surface area contributed by atoms with E-state index in [0.717, 1.165) is 22.3 Å². The van der Waals surface area contributed by atoms with E-state index < -0.39 is 78.4 Å². The molecule has 6 aliphatic rings. The van der Waals surface area contributed by atoms with Gasteiger partial charge in [-0.15, -0.1) is 0 Å². The Morgan fingerprint density at radius 1 is 0.705 bits per heavy atom. The minimum atomic E-state index is -1.26. The SMILES string of the molecule is CO[C@H]1CC2CCCC(O2)C(=O)C(=O)N2CCCC[C@H]2C(=O)O[C@H](CC[C@@H]2CC[C@@H](OC(=O)NCc3cnc(N4CCN(C(=O)CN(C)CC(=O)NCCOCCOCCC(=O)N5CCc6cc(Cn7nc(-c8ccc9oc(N)nc9c8)c8c(N)ncnc87)ccc6C5)CC4)nc3)[C@H](OC)C2)C[C@@H](OC)[C@H](C)/C=C(\C)[C@@H](O)[C@@H](OC)C(=O)[C@H](C)C[C@H](C)/C=C/C=CC=C1C. The lowest BCUT2D eigenvalue weighted by atomic mass is 9.81. The van der Waals surface area contributed by atoms with E-state index in [1.807, 2.05) is 96.8 Å². The number of hydrogen-bond acceptors (Lipinski definition) is 29. The van der Waals surface area contributed by atoms with Crippen LogP contribution in [0.3, 0.4) is 0 Å². The number of piperazine rings is 1. The Morgan fingerprint density at radius 3 is 2.26 bits per heavy atom. The first kappa shape index (κ1) is 97.6. The Hall–Kier alpha value is -10.5. The number of fused-ring (bicyclic) bond motifs is 6. The molecule has 0 spiro atoms. The number of cyclic esters (lactones) is 1. The van der Waals surface area contributed by atoms with E-state index in [1.165, 1.54) is 23.9 Å². The standard InChI is InChI=1S/C94H130N16O19/c1-58-17-12-11-13-18-59(2)76(120-7)48-69-19-16-21-75(126-69)86(116)90(117)109-33-15-14-20-72(109)91(118)127-70(49-77(121-8)60(3)44-62(5)85(115)87(123-10)84(114)61(4)43-58)27-23-63-24-28-74(78(46-63)122-9)129-94(119)100-52-65-50-98-93(99-51-65)107-37-35-106(36-38-107)81(113)56-105(6)55-79(111)97-32-40-125-42-41-124-39-31-80(112)108-34-30-66-45-64(22-25-68(66)54-108)53-110-89-82(88(95)101-57-102-89)83(104-110)67-26-29-73-71(47-67)103-92(96)128-73/h11-13,17-18,22,25-26,29,44-45,47,50-51,57-58,60-61,63,69-70,72,74-78,85,87,115H,14-16,19-21,23-24,27-28,30-43,46,48-49,52-56H2,1-10H3,(H2,96,103)(H,97,111)(H,100,119)(H2,95,101,102)/b13-11?,17-12+,59-18?,62-44+/t58-,60-,61-,63-,69?,70-,72+,74-,75?,76+,77-,78-,85-,87+/m1/s1. The number of piperidine rings is 1. The number of carbonyl (C=O) groups excluding carboxylic acids is 8. The van der Waals surface area contributed by atoms with Crippen LogP contribution >= 0.6 is 0 Å². The number of oxazole rings is 1. The molecule has 5 amide bonds. The summed E-state index contributed by atoms with van der Waals surface area (Å²) < 4.78 is 61.4. The van der Waals surface area contributed by atoms with Crippen LogP contribution in [0.25, 0.3) is 33.4 Å². The van der Waals surface area contributed by atoms with Gasteiger partial charge < -0.3 is 93.9 Å². The molecule has 0 radical (unpaired) electrons. The zero-order chi connectivity index (χ0) is 91.8. The van der Waals surface area contributed by atoms with Crippen LogP contribution in [0.4, 0.5) is 22.6 Å². The first-order valence-corrected chi connectivity index (χ1v) is 45.4. The summed E-state index contributed by atoms with van der Waals surface area (Å²) in [7, 11) is 7.94. The number of ketones is 2. The number of aliphatic hydroxyl groups is 1. The number of ether oxygens (including phenoxy) is 9. The van der Waals surface area contributed by atoms with Crippen molar-refractivity contribution in [2.24, 2.45) is 23.7 Å². The molecule has 4 fully saturated rings. The Morgan fingerprint density at radius 2 is 1.49 bits per heavy atom. The number of aromatic nitrogens is 7. The lowest BCUT2D eigenvalue weighted by molar-refractivity contribution is -0.168. The van der Waals surface area contributed by atoms with Gasteiger partial charge in [0, 0.05) is 136 Å². The Balaban J connectivity index is 0.537. The number of likely N-dealkylation sites (N-methyl/N-ethyl adjacent to an activating group) is 1. The number of nitrogen functional groups attached to an aromatic ring is 2. The van der Waals surface area contributed by atoms with Gasteiger partial charge in [0.2, 0.25) is 29.5 Å². The summed E-state index contributed by atoms with van der Waals surface area (Å²) in [6.45, 7) is 14.6. The van der Waals surface area contributed by atoms with Gasteiger partial charge >= 0.3 is 12.1 Å². The third kappa shape index (κ3) is 26.7. The molecule has 2 bridgehead atoms. The summed E-state index contributed by atoms with van der Waals surface area (Å²) >= 11 is 0. The number of nitrogens with one attached hydrogen (secondary N) is 2. The second-order valence-corrected chi connectivity index (χ2v) is 35.1. The monoisotopic (exact) mass is 1790 g/mol. The van der Waals surface area contributed by atoms with E-state index in [9.17, 15) is 43.5 Å². The Bertz CT molecular complexity index is 4930. The van der Waals surface area contributed by atoms with Gasteiger partial charge in [0.05, 0.1) is 82.3 Å². The third-order valence-electron chi connectivity index (χ3n) is 25.6. The fourth-order valence-corrected chi connectivity index (χ4v) is 18.3. The van der Waals surface area contributed by atoms with E-state index in [1.54, 1.807) is 63.6 Å². The number of methoxy groups -OCH3 is 4. The highest BCUT2D eigenvalue weighted by Crippen LogP contribution is 2.37. The van der Waals surface area contributed by atoms with Crippen molar-refractivity contribution in [3.8, 4) is 11.3 Å². The molecule has 2 aromatic carbocycles. The predicted molar refractivity (Wildman–Crippen MR) is 481 cm³/mol. The number of anilines is 3. The van der Waals surface area contributed by atoms with Crippen LogP contribution in [-0.2, 0) is 102 Å². The molecule has 7 N–H and O–H groups in total. The molecule has 9 heterocycles. The summed E-state index contributed by atoms with van der Waals surface area (Å²) in [6.07, 6.45) is 17.6. The first-order chi connectivity index (χ1) is 62.2. The van der Waals surface area contributed by atoms with Crippen molar-refractivity contribution < 1.29 is 90.5 Å². The predicted octanol–water partition coefficient (Wildman–Crippen LogP) is 8.40. The number of allylic oxidation sites excluding steroid dienone is 5. The average molecular weight is 1790 g/mol. The van der Waals surface area contributed by atoms with E-state index in [-0.39, 0.29) is 131 Å². The van der Waals surface area contributed by atoms with Gasteiger partial charge in [-0.3, -0.25) is 33.7 Å². The number of hydrogen-bond donors (Lipinski definition) is 5. The van der Waals surface area contributed by atoms with E-state index in [2.05, 4.69) is 47.7 Å². The average Bonchev–Trinajstić information content (AvgIpc) is 1.61. The number of rotatable bonds is 27. The van der Waals surface area contributed by atoms with Gasteiger partial charge in [0.1, 0.15) is 59.9 Å². The zero-order valence-corrected chi connectivity index (χ0v) is 76.2. The van der Waals surface area contributed by atoms with Crippen molar-refractivity contribution in [3.63, 3.8) is 0 Å². The molecular formula is C94H130N16O19. The molecule has 2 unspecified atom stereocenters. The number of nitrogens with two attached hydrogens (primary N) is 2. The van der Waals surface area contributed by atoms with E-state index in [0.29, 0.717) is 186 Å². The number of alkyl carbamates (subject to hydrolysis) is 1.